The van der Waals surface area contributed by atoms with Crippen LogP contribution in [0.4, 0.5) is 11.4 Å². The third-order valence-electron chi connectivity index (χ3n) is 4.85. The van der Waals surface area contributed by atoms with Gasteiger partial charge in [-0.05, 0) is 48.1 Å². The van der Waals surface area contributed by atoms with Crippen molar-refractivity contribution in [1.82, 2.24) is 0 Å². The van der Waals surface area contributed by atoms with Gasteiger partial charge in [0, 0.05) is 11.4 Å². The second-order valence-electron chi connectivity index (χ2n) is 7.98. The first-order chi connectivity index (χ1) is 12.8. The van der Waals surface area contributed by atoms with E-state index in [0.29, 0.717) is 24.1 Å². The standard InChI is InChI=1S/C22H23N3O2/c1-21(2,3)17-9-4-5-10-18(17)25-20(27)22(11-12-22)19(26)24-16-8-6-7-15(13-16)14-23/h4-10,13H,11-12H2,1-3H3,(H,24,26)(H,25,27). The Kier molecular flexibility index (Phi) is 4.75. The van der Waals surface area contributed by atoms with Crippen molar-refractivity contribution in [2.24, 2.45) is 5.41 Å². The number of nitrogens with one attached hydrogen (secondary N) is 2. The minimum atomic E-state index is -1.05. The summed E-state index contributed by atoms with van der Waals surface area (Å²) in [6, 6.07) is 16.4. The summed E-state index contributed by atoms with van der Waals surface area (Å²) in [6.07, 6.45) is 1.03. The first-order valence-electron chi connectivity index (χ1n) is 8.99. The van der Waals surface area contributed by atoms with E-state index in [4.69, 9.17) is 5.26 Å². The molecule has 2 N–H and O–H groups in total. The maximum absolute atomic E-state index is 12.9. The molecule has 138 valence electrons. The van der Waals surface area contributed by atoms with Gasteiger partial charge in [0.15, 0.2) is 0 Å². The Balaban J connectivity index is 1.77. The molecule has 0 atom stereocenters. The summed E-state index contributed by atoms with van der Waals surface area (Å²) in [7, 11) is 0. The van der Waals surface area contributed by atoms with Gasteiger partial charge in [0.1, 0.15) is 5.41 Å². The zero-order valence-corrected chi connectivity index (χ0v) is 15.8. The summed E-state index contributed by atoms with van der Waals surface area (Å²) in [5.41, 5.74) is 1.57. The molecule has 3 rings (SSSR count). The molecule has 2 aromatic rings. The SMILES string of the molecule is CC(C)(C)c1ccccc1NC(=O)C1(C(=O)Nc2cccc(C#N)c2)CC1. The topological polar surface area (TPSA) is 82.0 Å². The monoisotopic (exact) mass is 361 g/mol. The zero-order valence-electron chi connectivity index (χ0n) is 15.8. The molecule has 5 heteroatoms. The van der Waals surface area contributed by atoms with E-state index in [1.807, 2.05) is 30.3 Å². The highest BCUT2D eigenvalue weighted by Gasteiger charge is 2.56. The van der Waals surface area contributed by atoms with E-state index in [1.165, 1.54) is 0 Å². The Bertz CT molecular complexity index is 931. The largest absolute Gasteiger partial charge is 0.325 e. The first-order valence-corrected chi connectivity index (χ1v) is 8.99. The molecule has 27 heavy (non-hydrogen) atoms. The van der Waals surface area contributed by atoms with Crippen LogP contribution < -0.4 is 10.6 Å². The summed E-state index contributed by atoms with van der Waals surface area (Å²) in [5.74, 6) is -0.614. The molecule has 0 spiro atoms. The van der Waals surface area contributed by atoms with Gasteiger partial charge in [-0.15, -0.1) is 0 Å². The maximum atomic E-state index is 12.9. The van der Waals surface area contributed by atoms with Gasteiger partial charge in [-0.2, -0.15) is 5.26 Å². The Morgan fingerprint density at radius 1 is 1.00 bits per heavy atom. The van der Waals surface area contributed by atoms with Crippen LogP contribution in [0.5, 0.6) is 0 Å². The fourth-order valence-corrected chi connectivity index (χ4v) is 3.09. The summed E-state index contributed by atoms with van der Waals surface area (Å²) in [5, 5.41) is 14.7. The van der Waals surface area contributed by atoms with Gasteiger partial charge in [-0.1, -0.05) is 45.0 Å². The van der Waals surface area contributed by atoms with E-state index in [2.05, 4.69) is 31.4 Å². The van der Waals surface area contributed by atoms with Gasteiger partial charge >= 0.3 is 0 Å². The second kappa shape index (κ2) is 6.88. The number of amides is 2. The molecule has 0 saturated heterocycles. The molecule has 0 bridgehead atoms. The predicted octanol–water partition coefficient (Wildman–Crippen LogP) is 4.21. The third-order valence-corrected chi connectivity index (χ3v) is 4.85. The molecule has 0 heterocycles. The lowest BCUT2D eigenvalue weighted by Gasteiger charge is -2.24. The number of hydrogen-bond acceptors (Lipinski definition) is 3. The summed E-state index contributed by atoms with van der Waals surface area (Å²) in [4.78, 5) is 25.7. The number of rotatable bonds is 4. The summed E-state index contributed by atoms with van der Waals surface area (Å²) >= 11 is 0. The van der Waals surface area contributed by atoms with E-state index in [0.717, 1.165) is 11.3 Å². The fourth-order valence-electron chi connectivity index (χ4n) is 3.09. The van der Waals surface area contributed by atoms with E-state index in [1.54, 1.807) is 24.3 Å². The van der Waals surface area contributed by atoms with Crippen LogP contribution in [0.2, 0.25) is 0 Å². The number of benzene rings is 2. The van der Waals surface area contributed by atoms with Crippen LogP contribution >= 0.6 is 0 Å². The highest BCUT2D eigenvalue weighted by molar-refractivity contribution is 6.17. The maximum Gasteiger partial charge on any atom is 0.240 e. The van der Waals surface area contributed by atoms with Crippen molar-refractivity contribution in [1.29, 1.82) is 5.26 Å². The van der Waals surface area contributed by atoms with E-state index < -0.39 is 5.41 Å². The molecule has 0 unspecified atom stereocenters. The van der Waals surface area contributed by atoms with Crippen LogP contribution in [0.1, 0.15) is 44.7 Å². The third kappa shape index (κ3) is 3.85. The summed E-state index contributed by atoms with van der Waals surface area (Å²) in [6.45, 7) is 6.25. The normalized spacial score (nSPS) is 14.7. The van der Waals surface area contributed by atoms with Gasteiger partial charge in [0.05, 0.1) is 11.6 Å². The number of nitriles is 1. The lowest BCUT2D eigenvalue weighted by molar-refractivity contribution is -0.131. The molecular formula is C22H23N3O2. The molecule has 0 radical (unpaired) electrons. The molecule has 0 aliphatic heterocycles. The van der Waals surface area contributed by atoms with E-state index in [9.17, 15) is 9.59 Å². The number of anilines is 2. The van der Waals surface area contributed by atoms with Crippen molar-refractivity contribution in [2.45, 2.75) is 39.0 Å². The Hall–Kier alpha value is -3.13. The first kappa shape index (κ1) is 18.7. The highest BCUT2D eigenvalue weighted by atomic mass is 16.2. The molecule has 1 saturated carbocycles. The van der Waals surface area contributed by atoms with Crippen molar-refractivity contribution < 1.29 is 9.59 Å². The second-order valence-corrected chi connectivity index (χ2v) is 7.98. The Morgan fingerprint density at radius 2 is 1.67 bits per heavy atom. The highest BCUT2D eigenvalue weighted by Crippen LogP contribution is 2.48. The van der Waals surface area contributed by atoms with Gasteiger partial charge in [-0.3, -0.25) is 9.59 Å². The quantitative estimate of drug-likeness (QED) is 0.800. The average Bonchev–Trinajstić information content (AvgIpc) is 3.43. The molecule has 0 aromatic heterocycles. The smallest absolute Gasteiger partial charge is 0.240 e. The molecular weight excluding hydrogens is 338 g/mol. The van der Waals surface area contributed by atoms with Crippen LogP contribution in [0.15, 0.2) is 48.5 Å². The Morgan fingerprint density at radius 3 is 2.30 bits per heavy atom. The van der Waals surface area contributed by atoms with E-state index in [-0.39, 0.29) is 17.2 Å². The molecule has 2 amide bonds. The minimum Gasteiger partial charge on any atom is -0.325 e. The number of carbonyl (C=O) groups is 2. The number of carbonyl (C=O) groups excluding carboxylic acids is 2. The number of para-hydroxylation sites is 1. The molecule has 1 aliphatic carbocycles. The van der Waals surface area contributed by atoms with Crippen LogP contribution in [0.3, 0.4) is 0 Å². The van der Waals surface area contributed by atoms with Crippen molar-refractivity contribution in [3.8, 4) is 6.07 Å². The van der Waals surface area contributed by atoms with Crippen LogP contribution in [0, 0.1) is 16.7 Å². The van der Waals surface area contributed by atoms with Gasteiger partial charge < -0.3 is 10.6 Å². The number of hydrogen-bond donors (Lipinski definition) is 2. The van der Waals surface area contributed by atoms with Gasteiger partial charge in [0.25, 0.3) is 0 Å². The van der Waals surface area contributed by atoms with Crippen molar-refractivity contribution in [3.63, 3.8) is 0 Å². The van der Waals surface area contributed by atoms with Crippen LogP contribution in [0.25, 0.3) is 0 Å². The predicted molar refractivity (Wildman–Crippen MR) is 105 cm³/mol. The van der Waals surface area contributed by atoms with Gasteiger partial charge in [0.2, 0.25) is 11.8 Å². The lowest BCUT2D eigenvalue weighted by Crippen LogP contribution is -2.36. The minimum absolute atomic E-state index is 0.124. The zero-order chi connectivity index (χ0) is 19.7. The van der Waals surface area contributed by atoms with Crippen LogP contribution in [-0.2, 0) is 15.0 Å². The van der Waals surface area contributed by atoms with Crippen molar-refractivity contribution in [3.05, 3.63) is 59.7 Å². The molecule has 2 aromatic carbocycles. The van der Waals surface area contributed by atoms with Crippen molar-refractivity contribution >= 4 is 23.2 Å². The lowest BCUT2D eigenvalue weighted by atomic mass is 9.85. The summed E-state index contributed by atoms with van der Waals surface area (Å²) < 4.78 is 0. The van der Waals surface area contributed by atoms with Gasteiger partial charge in [-0.25, -0.2) is 0 Å². The Labute approximate surface area is 159 Å². The average molecular weight is 361 g/mol. The van der Waals surface area contributed by atoms with E-state index >= 15 is 0 Å². The molecule has 1 fully saturated rings. The fraction of sp³-hybridized carbons (Fsp3) is 0.318. The molecule has 1 aliphatic rings. The number of nitrogens with zero attached hydrogens (tertiary/aromatic N) is 1. The van der Waals surface area contributed by atoms with Crippen LogP contribution in [-0.4, -0.2) is 11.8 Å². The molecule has 5 nitrogen and oxygen atoms in total. The van der Waals surface area contributed by atoms with Crippen molar-refractivity contribution in [2.75, 3.05) is 10.6 Å².